The van der Waals surface area contributed by atoms with E-state index in [1.807, 2.05) is 12.1 Å². The number of rotatable bonds is 5. The molecule has 2 amide bonds. The standard InChI is InChI=1S/C23H26F2N4O3/c24-17-6-5-15(11-19(17)26-8-10-30)14-27-22(32)29-9-7-23(13-21(29)25)12-20(31)16-3-1-2-4-18(16)28-23/h1-6,11,21,26,28,30H,7-10,12-14H2,(H,27,32). The minimum atomic E-state index is -1.54. The number of carbonyl (C=O) groups excluding carboxylic acids is 2. The van der Waals surface area contributed by atoms with Crippen molar-refractivity contribution < 1.29 is 23.5 Å². The van der Waals surface area contributed by atoms with Gasteiger partial charge in [-0.2, -0.15) is 0 Å². The monoisotopic (exact) mass is 444 g/mol. The number of para-hydroxylation sites is 1. The number of hydrogen-bond acceptors (Lipinski definition) is 5. The van der Waals surface area contributed by atoms with Crippen molar-refractivity contribution in [2.24, 2.45) is 0 Å². The fourth-order valence-electron chi connectivity index (χ4n) is 4.37. The lowest BCUT2D eigenvalue weighted by Crippen LogP contribution is -2.58. The summed E-state index contributed by atoms with van der Waals surface area (Å²) in [6.45, 7) is 0.334. The van der Waals surface area contributed by atoms with Crippen molar-refractivity contribution in [2.45, 2.75) is 37.6 Å². The second kappa shape index (κ2) is 9.12. The molecule has 170 valence electrons. The Bertz CT molecular complexity index is 1020. The number of fused-ring (bicyclic) bond motifs is 1. The van der Waals surface area contributed by atoms with Gasteiger partial charge in [0.25, 0.3) is 0 Å². The van der Waals surface area contributed by atoms with Gasteiger partial charge in [-0.15, -0.1) is 0 Å². The van der Waals surface area contributed by atoms with Gasteiger partial charge in [-0.3, -0.25) is 9.69 Å². The number of benzene rings is 2. The number of aliphatic hydroxyl groups excluding tert-OH is 1. The molecule has 4 rings (SSSR count). The molecule has 2 atom stereocenters. The zero-order valence-corrected chi connectivity index (χ0v) is 17.5. The van der Waals surface area contributed by atoms with E-state index in [1.165, 1.54) is 12.1 Å². The fraction of sp³-hybridized carbons (Fsp3) is 0.391. The number of likely N-dealkylation sites (tertiary alicyclic amines) is 1. The number of nitrogens with one attached hydrogen (secondary N) is 3. The van der Waals surface area contributed by atoms with Gasteiger partial charge >= 0.3 is 6.03 Å². The Hall–Kier alpha value is -3.20. The van der Waals surface area contributed by atoms with Crippen molar-refractivity contribution in [3.05, 3.63) is 59.4 Å². The minimum Gasteiger partial charge on any atom is -0.395 e. The molecule has 0 aliphatic carbocycles. The quantitative estimate of drug-likeness (QED) is 0.531. The SMILES string of the molecule is O=C1CC2(CCN(C(=O)NCc3ccc(F)c(NCCO)c3)C(F)C2)Nc2ccccc21. The first-order chi connectivity index (χ1) is 15.4. The fourth-order valence-corrected chi connectivity index (χ4v) is 4.37. The largest absolute Gasteiger partial charge is 0.395 e. The van der Waals surface area contributed by atoms with Gasteiger partial charge in [0.15, 0.2) is 12.1 Å². The second-order valence-electron chi connectivity index (χ2n) is 8.26. The third-order valence-corrected chi connectivity index (χ3v) is 6.02. The van der Waals surface area contributed by atoms with Gasteiger partial charge < -0.3 is 21.1 Å². The van der Waals surface area contributed by atoms with Crippen molar-refractivity contribution in [1.82, 2.24) is 10.2 Å². The molecule has 0 radical (unpaired) electrons. The molecule has 0 aromatic heterocycles. The molecule has 1 spiro atoms. The molecule has 4 N–H and O–H groups in total. The predicted octanol–water partition coefficient (Wildman–Crippen LogP) is 3.27. The highest BCUT2D eigenvalue weighted by atomic mass is 19.1. The number of hydrogen-bond donors (Lipinski definition) is 4. The van der Waals surface area contributed by atoms with Crippen LogP contribution in [0.25, 0.3) is 0 Å². The molecule has 2 heterocycles. The van der Waals surface area contributed by atoms with E-state index in [-0.39, 0.29) is 50.6 Å². The summed E-state index contributed by atoms with van der Waals surface area (Å²) >= 11 is 0. The Balaban J connectivity index is 1.36. The number of aliphatic hydroxyl groups is 1. The summed E-state index contributed by atoms with van der Waals surface area (Å²) in [4.78, 5) is 26.3. The number of Topliss-reactive ketones (excluding diaryl/α,β-unsaturated/α-hetero) is 1. The van der Waals surface area contributed by atoms with Crippen LogP contribution in [0.3, 0.4) is 0 Å². The number of anilines is 2. The molecule has 1 saturated heterocycles. The van der Waals surface area contributed by atoms with Gasteiger partial charge in [-0.25, -0.2) is 13.6 Å². The summed E-state index contributed by atoms with van der Waals surface area (Å²) in [5, 5.41) is 17.7. The molecule has 7 nitrogen and oxygen atoms in total. The van der Waals surface area contributed by atoms with E-state index in [2.05, 4.69) is 16.0 Å². The molecule has 2 aliphatic rings. The van der Waals surface area contributed by atoms with Crippen LogP contribution >= 0.6 is 0 Å². The average Bonchev–Trinajstić information content (AvgIpc) is 2.77. The normalized spacial score (nSPS) is 22.3. The third kappa shape index (κ3) is 4.52. The Labute approximate surface area is 184 Å². The average molecular weight is 444 g/mol. The summed E-state index contributed by atoms with van der Waals surface area (Å²) in [6, 6.07) is 11.0. The topological polar surface area (TPSA) is 93.7 Å². The highest BCUT2D eigenvalue weighted by Crippen LogP contribution is 2.39. The second-order valence-corrected chi connectivity index (χ2v) is 8.26. The van der Waals surface area contributed by atoms with E-state index in [4.69, 9.17) is 5.11 Å². The Morgan fingerprint density at radius 2 is 2.09 bits per heavy atom. The Kier molecular flexibility index (Phi) is 6.27. The van der Waals surface area contributed by atoms with Gasteiger partial charge in [0.1, 0.15) is 5.82 Å². The molecule has 1 fully saturated rings. The lowest BCUT2D eigenvalue weighted by molar-refractivity contribution is 0.0404. The molecule has 9 heteroatoms. The molecule has 2 aromatic rings. The Morgan fingerprint density at radius 3 is 2.88 bits per heavy atom. The van der Waals surface area contributed by atoms with Crippen LogP contribution in [0, 0.1) is 5.82 Å². The number of halogens is 2. The van der Waals surface area contributed by atoms with E-state index in [9.17, 15) is 14.0 Å². The molecule has 0 saturated carbocycles. The predicted molar refractivity (Wildman–Crippen MR) is 117 cm³/mol. The van der Waals surface area contributed by atoms with Crippen LogP contribution in [-0.4, -0.2) is 53.4 Å². The maximum atomic E-state index is 15.0. The number of ketones is 1. The molecule has 2 aliphatic heterocycles. The zero-order valence-electron chi connectivity index (χ0n) is 17.5. The van der Waals surface area contributed by atoms with Crippen molar-refractivity contribution in [3.8, 4) is 0 Å². The van der Waals surface area contributed by atoms with Crippen molar-refractivity contribution in [2.75, 3.05) is 30.3 Å². The van der Waals surface area contributed by atoms with Crippen molar-refractivity contribution in [1.29, 1.82) is 0 Å². The molecule has 2 unspecified atom stereocenters. The van der Waals surface area contributed by atoms with Gasteiger partial charge in [-0.05, 0) is 36.2 Å². The highest BCUT2D eigenvalue weighted by Gasteiger charge is 2.45. The van der Waals surface area contributed by atoms with Gasteiger partial charge in [0.2, 0.25) is 0 Å². The van der Waals surface area contributed by atoms with Crippen LogP contribution in [0.2, 0.25) is 0 Å². The first-order valence-corrected chi connectivity index (χ1v) is 10.6. The maximum Gasteiger partial charge on any atom is 0.319 e. The summed E-state index contributed by atoms with van der Waals surface area (Å²) in [5.74, 6) is -0.485. The highest BCUT2D eigenvalue weighted by molar-refractivity contribution is 6.04. The first-order valence-electron chi connectivity index (χ1n) is 10.6. The van der Waals surface area contributed by atoms with E-state index in [1.54, 1.807) is 18.2 Å². The van der Waals surface area contributed by atoms with Crippen LogP contribution in [0.4, 0.5) is 25.0 Å². The number of amides is 2. The summed E-state index contributed by atoms with van der Waals surface area (Å²) in [7, 11) is 0. The summed E-state index contributed by atoms with van der Waals surface area (Å²) in [6.07, 6.45) is -0.873. The van der Waals surface area contributed by atoms with Gasteiger partial charge in [0.05, 0.1) is 17.8 Å². The van der Waals surface area contributed by atoms with Crippen LogP contribution in [0.1, 0.15) is 35.2 Å². The van der Waals surface area contributed by atoms with E-state index < -0.39 is 23.7 Å². The van der Waals surface area contributed by atoms with Crippen LogP contribution in [0.5, 0.6) is 0 Å². The van der Waals surface area contributed by atoms with Crippen molar-refractivity contribution >= 4 is 23.2 Å². The minimum absolute atomic E-state index is 0.0201. The number of alkyl halides is 1. The number of piperidine rings is 1. The molecule has 32 heavy (non-hydrogen) atoms. The molecule has 2 aromatic carbocycles. The summed E-state index contributed by atoms with van der Waals surface area (Å²) < 4.78 is 28.9. The van der Waals surface area contributed by atoms with E-state index in [0.717, 1.165) is 4.90 Å². The number of nitrogens with zero attached hydrogens (tertiary/aromatic N) is 1. The summed E-state index contributed by atoms with van der Waals surface area (Å²) in [5.41, 5.74) is 1.48. The van der Waals surface area contributed by atoms with E-state index >= 15 is 4.39 Å². The van der Waals surface area contributed by atoms with Crippen LogP contribution in [-0.2, 0) is 6.54 Å². The lowest BCUT2D eigenvalue weighted by Gasteiger charge is -2.46. The molecule has 0 bridgehead atoms. The van der Waals surface area contributed by atoms with Crippen LogP contribution < -0.4 is 16.0 Å². The van der Waals surface area contributed by atoms with Crippen LogP contribution in [0.15, 0.2) is 42.5 Å². The number of carbonyl (C=O) groups is 2. The molecular formula is C23H26F2N4O3. The number of urea groups is 1. The third-order valence-electron chi connectivity index (χ3n) is 6.02. The molecular weight excluding hydrogens is 418 g/mol. The maximum absolute atomic E-state index is 15.0. The zero-order chi connectivity index (χ0) is 22.7. The Morgan fingerprint density at radius 1 is 1.28 bits per heavy atom. The van der Waals surface area contributed by atoms with Crippen molar-refractivity contribution in [3.63, 3.8) is 0 Å². The smallest absolute Gasteiger partial charge is 0.319 e. The van der Waals surface area contributed by atoms with Gasteiger partial charge in [-0.1, -0.05) is 18.2 Å². The lowest BCUT2D eigenvalue weighted by atomic mass is 9.78. The first kappa shape index (κ1) is 22.0. The van der Waals surface area contributed by atoms with E-state index in [0.29, 0.717) is 23.2 Å². The van der Waals surface area contributed by atoms with Gasteiger partial charge in [0, 0.05) is 43.7 Å².